The van der Waals surface area contributed by atoms with Crippen molar-refractivity contribution < 1.29 is 24.2 Å². The van der Waals surface area contributed by atoms with Gasteiger partial charge in [0.05, 0.1) is 17.9 Å². The van der Waals surface area contributed by atoms with Gasteiger partial charge in [-0.1, -0.05) is 12.1 Å². The molecule has 0 aliphatic rings. The predicted octanol–water partition coefficient (Wildman–Crippen LogP) is 2.75. The van der Waals surface area contributed by atoms with Crippen molar-refractivity contribution in [3.63, 3.8) is 0 Å². The van der Waals surface area contributed by atoms with E-state index in [2.05, 4.69) is 4.98 Å². The average Bonchev–Trinajstić information content (AvgIpc) is 2.88. The number of aliphatic hydroxyl groups excluding tert-OH is 1. The summed E-state index contributed by atoms with van der Waals surface area (Å²) in [6, 6.07) is 6.29. The molecule has 1 atom stereocenters. The Morgan fingerprint density at radius 1 is 1.16 bits per heavy atom. The van der Waals surface area contributed by atoms with Crippen molar-refractivity contribution in [3.05, 3.63) is 57.9 Å². The Kier molecular flexibility index (Phi) is 5.54. The Balaban J connectivity index is 2.16. The molecule has 2 rings (SSSR count). The first-order chi connectivity index (χ1) is 11.8. The maximum absolute atomic E-state index is 12.6. The maximum atomic E-state index is 12.6. The number of carbonyl (C=O) groups excluding carboxylic acids is 3. The second-order valence-electron chi connectivity index (χ2n) is 5.95. The van der Waals surface area contributed by atoms with Crippen LogP contribution < -0.4 is 0 Å². The zero-order chi connectivity index (χ0) is 18.7. The lowest BCUT2D eigenvalue weighted by molar-refractivity contribution is 0.0317. The Morgan fingerprint density at radius 2 is 1.76 bits per heavy atom. The molecule has 0 radical (unpaired) electrons. The van der Waals surface area contributed by atoms with Gasteiger partial charge in [-0.15, -0.1) is 0 Å². The topological polar surface area (TPSA) is 96.5 Å². The minimum atomic E-state index is -0.999. The van der Waals surface area contributed by atoms with E-state index in [1.54, 1.807) is 26.0 Å². The number of H-pyrrole nitrogens is 1. The molecule has 1 heterocycles. The summed E-state index contributed by atoms with van der Waals surface area (Å²) in [7, 11) is 0. The van der Waals surface area contributed by atoms with Crippen molar-refractivity contribution in [2.75, 3.05) is 0 Å². The highest BCUT2D eigenvalue weighted by molar-refractivity contribution is 6.05. The summed E-state index contributed by atoms with van der Waals surface area (Å²) in [5.41, 5.74) is 2.91. The molecule has 0 spiro atoms. The molecule has 25 heavy (non-hydrogen) atoms. The number of ether oxygens (including phenoxy) is 1. The summed E-state index contributed by atoms with van der Waals surface area (Å²) in [6.45, 7) is 6.23. The van der Waals surface area contributed by atoms with Gasteiger partial charge in [0, 0.05) is 11.3 Å². The summed E-state index contributed by atoms with van der Waals surface area (Å²) in [6.07, 6.45) is -0.999. The molecule has 1 aromatic heterocycles. The van der Waals surface area contributed by atoms with E-state index < -0.39 is 17.9 Å². The fourth-order valence-corrected chi connectivity index (χ4v) is 2.76. The van der Waals surface area contributed by atoms with Crippen molar-refractivity contribution in [1.82, 2.24) is 4.98 Å². The molecule has 0 aliphatic heterocycles. The fraction of sp³-hybridized carbons (Fsp3) is 0.316. The van der Waals surface area contributed by atoms with Crippen molar-refractivity contribution in [3.8, 4) is 0 Å². The van der Waals surface area contributed by atoms with Gasteiger partial charge in [-0.3, -0.25) is 9.59 Å². The molecular formula is C19H21NO5. The number of ketones is 2. The summed E-state index contributed by atoms with van der Waals surface area (Å²) < 4.78 is 5.23. The number of Topliss-reactive ketones (excluding diaryl/α,β-unsaturated/α-hetero) is 2. The number of aromatic amines is 1. The molecule has 0 saturated carbocycles. The molecule has 2 N–H and O–H groups in total. The van der Waals surface area contributed by atoms with Crippen LogP contribution in [0.3, 0.4) is 0 Å². The number of hydrogen-bond donors (Lipinski definition) is 2. The highest BCUT2D eigenvalue weighted by atomic mass is 16.5. The van der Waals surface area contributed by atoms with E-state index in [0.717, 1.165) is 0 Å². The fourth-order valence-electron chi connectivity index (χ4n) is 2.76. The van der Waals surface area contributed by atoms with E-state index in [1.807, 2.05) is 0 Å². The van der Waals surface area contributed by atoms with Crippen LogP contribution in [0.5, 0.6) is 0 Å². The smallest absolute Gasteiger partial charge is 0.338 e. The highest BCUT2D eigenvalue weighted by Crippen LogP contribution is 2.20. The Labute approximate surface area is 145 Å². The zero-order valence-corrected chi connectivity index (χ0v) is 14.7. The van der Waals surface area contributed by atoms with Gasteiger partial charge >= 0.3 is 5.97 Å². The number of aliphatic hydroxyl groups is 1. The second-order valence-corrected chi connectivity index (χ2v) is 5.95. The first kappa shape index (κ1) is 18.6. The van der Waals surface area contributed by atoms with Crippen LogP contribution in [0.4, 0.5) is 0 Å². The Morgan fingerprint density at radius 3 is 2.24 bits per heavy atom. The molecule has 132 valence electrons. The van der Waals surface area contributed by atoms with E-state index in [9.17, 15) is 14.4 Å². The molecular weight excluding hydrogens is 322 g/mol. The SMILES string of the molecule is CC(=O)c1c(C)[nH]c(C(=O)C(C)OC(=O)c2ccc(CO)cc2)c1C. The number of carbonyl (C=O) groups is 3. The van der Waals surface area contributed by atoms with Crippen LogP contribution in [-0.2, 0) is 11.3 Å². The van der Waals surface area contributed by atoms with Crippen molar-refractivity contribution in [2.45, 2.75) is 40.4 Å². The van der Waals surface area contributed by atoms with Crippen LogP contribution in [0.25, 0.3) is 0 Å². The van der Waals surface area contributed by atoms with Crippen molar-refractivity contribution >= 4 is 17.5 Å². The lowest BCUT2D eigenvalue weighted by Crippen LogP contribution is -2.25. The van der Waals surface area contributed by atoms with Gasteiger partial charge in [0.2, 0.25) is 5.78 Å². The van der Waals surface area contributed by atoms with Crippen molar-refractivity contribution in [2.24, 2.45) is 0 Å². The summed E-state index contributed by atoms with van der Waals surface area (Å²) in [5, 5.41) is 9.01. The third-order valence-corrected chi connectivity index (χ3v) is 4.06. The third-order valence-electron chi connectivity index (χ3n) is 4.06. The van der Waals surface area contributed by atoms with Gasteiger partial charge in [-0.05, 0) is 51.0 Å². The molecule has 2 aromatic rings. The van der Waals surface area contributed by atoms with Crippen LogP contribution in [0.1, 0.15) is 61.9 Å². The van der Waals surface area contributed by atoms with Gasteiger partial charge in [-0.25, -0.2) is 4.79 Å². The van der Waals surface area contributed by atoms with Crippen LogP contribution in [0, 0.1) is 13.8 Å². The number of hydrogen-bond acceptors (Lipinski definition) is 5. The van der Waals surface area contributed by atoms with Crippen LogP contribution in [0.2, 0.25) is 0 Å². The Hall–Kier alpha value is -2.73. The molecule has 0 saturated heterocycles. The van der Waals surface area contributed by atoms with E-state index >= 15 is 0 Å². The van der Waals surface area contributed by atoms with Gasteiger partial charge in [0.25, 0.3) is 0 Å². The molecule has 1 aromatic carbocycles. The second kappa shape index (κ2) is 7.44. The van der Waals surface area contributed by atoms with Gasteiger partial charge in [0.15, 0.2) is 11.9 Å². The quantitative estimate of drug-likeness (QED) is 0.621. The van der Waals surface area contributed by atoms with Gasteiger partial charge < -0.3 is 14.8 Å². The summed E-state index contributed by atoms with van der Waals surface area (Å²) in [5.74, 6) is -1.15. The van der Waals surface area contributed by atoms with E-state index in [1.165, 1.54) is 26.0 Å². The maximum Gasteiger partial charge on any atom is 0.338 e. The lowest BCUT2D eigenvalue weighted by atomic mass is 10.0. The normalized spacial score (nSPS) is 11.9. The molecule has 0 amide bonds. The number of rotatable bonds is 6. The average molecular weight is 343 g/mol. The lowest BCUT2D eigenvalue weighted by Gasteiger charge is -2.12. The van der Waals surface area contributed by atoms with Crippen LogP contribution >= 0.6 is 0 Å². The number of aromatic nitrogens is 1. The first-order valence-electron chi connectivity index (χ1n) is 7.91. The third kappa shape index (κ3) is 3.85. The van der Waals surface area contributed by atoms with Crippen molar-refractivity contribution in [1.29, 1.82) is 0 Å². The molecule has 0 aliphatic carbocycles. The number of benzene rings is 1. The molecule has 6 nitrogen and oxygen atoms in total. The molecule has 0 fully saturated rings. The molecule has 0 bridgehead atoms. The van der Waals surface area contributed by atoms with Crippen LogP contribution in [-0.4, -0.2) is 33.7 Å². The van der Waals surface area contributed by atoms with Gasteiger partial charge in [-0.2, -0.15) is 0 Å². The minimum Gasteiger partial charge on any atom is -0.451 e. The monoisotopic (exact) mass is 343 g/mol. The van der Waals surface area contributed by atoms with E-state index in [-0.39, 0.29) is 18.1 Å². The first-order valence-corrected chi connectivity index (χ1v) is 7.91. The van der Waals surface area contributed by atoms with Gasteiger partial charge in [0.1, 0.15) is 0 Å². The molecule has 1 unspecified atom stereocenters. The molecule has 6 heteroatoms. The van der Waals surface area contributed by atoms with E-state index in [4.69, 9.17) is 9.84 Å². The summed E-state index contributed by atoms with van der Waals surface area (Å²) >= 11 is 0. The van der Waals surface area contributed by atoms with E-state index in [0.29, 0.717) is 27.9 Å². The standard InChI is InChI=1S/C19H21NO5/c1-10-16(12(3)22)11(2)20-17(10)18(23)13(4)25-19(24)15-7-5-14(9-21)6-8-15/h5-8,13,20-21H,9H2,1-4H3. The zero-order valence-electron chi connectivity index (χ0n) is 14.7. The van der Waals surface area contributed by atoms with Crippen LogP contribution in [0.15, 0.2) is 24.3 Å². The highest BCUT2D eigenvalue weighted by Gasteiger charge is 2.26. The summed E-state index contributed by atoms with van der Waals surface area (Å²) in [4.78, 5) is 39.3. The number of esters is 1. The largest absolute Gasteiger partial charge is 0.451 e. The minimum absolute atomic E-state index is 0.117. The number of nitrogens with one attached hydrogen (secondary N) is 1. The predicted molar refractivity (Wildman–Crippen MR) is 91.8 cm³/mol. The Bertz CT molecular complexity index is 817. The number of aryl methyl sites for hydroxylation is 1.